The van der Waals surface area contributed by atoms with Gasteiger partial charge in [0.05, 0.1) is 20.1 Å². The van der Waals surface area contributed by atoms with Gasteiger partial charge < -0.3 is 20.1 Å². The monoisotopic (exact) mass is 469 g/mol. The molecule has 0 aliphatic heterocycles. The Hall–Kier alpha value is -1.22. The van der Waals surface area contributed by atoms with E-state index in [1.807, 2.05) is 12.1 Å². The maximum Gasteiger partial charge on any atom is 0.310 e. The molecule has 136 valence electrons. The van der Waals surface area contributed by atoms with E-state index in [4.69, 9.17) is 16.3 Å². The van der Waals surface area contributed by atoms with Gasteiger partial charge in [0.25, 0.3) is 0 Å². The first kappa shape index (κ1) is 22.8. The summed E-state index contributed by atoms with van der Waals surface area (Å²) in [5.74, 6) is 0.874. The number of hydrogen-bond donors (Lipinski definition) is 2. The van der Waals surface area contributed by atoms with Gasteiger partial charge in [-0.1, -0.05) is 24.6 Å². The summed E-state index contributed by atoms with van der Waals surface area (Å²) in [6.45, 7) is 2.91. The van der Waals surface area contributed by atoms with Crippen molar-refractivity contribution in [3.05, 3.63) is 28.8 Å². The van der Waals surface area contributed by atoms with Gasteiger partial charge in [0, 0.05) is 25.2 Å². The summed E-state index contributed by atoms with van der Waals surface area (Å²) < 4.78 is 9.81. The number of esters is 1. The van der Waals surface area contributed by atoms with Gasteiger partial charge in [0.2, 0.25) is 0 Å². The van der Waals surface area contributed by atoms with Gasteiger partial charge in [-0.3, -0.25) is 9.79 Å². The van der Waals surface area contributed by atoms with E-state index in [-0.39, 0.29) is 35.9 Å². The van der Waals surface area contributed by atoms with E-state index in [1.54, 1.807) is 27.1 Å². The molecule has 0 saturated heterocycles. The highest BCUT2D eigenvalue weighted by atomic mass is 127. The first-order valence-electron chi connectivity index (χ1n) is 7.36. The zero-order chi connectivity index (χ0) is 17.2. The summed E-state index contributed by atoms with van der Waals surface area (Å²) in [5, 5.41) is 6.95. The van der Waals surface area contributed by atoms with Crippen molar-refractivity contribution in [2.24, 2.45) is 10.9 Å². The number of rotatable bonds is 7. The number of hydrogen-bond acceptors (Lipinski definition) is 4. The number of halogens is 2. The predicted molar refractivity (Wildman–Crippen MR) is 108 cm³/mol. The maximum absolute atomic E-state index is 11.4. The number of aliphatic imine (C=N–C) groups is 1. The lowest BCUT2D eigenvalue weighted by Gasteiger charge is -2.15. The fourth-order valence-electron chi connectivity index (χ4n) is 1.93. The van der Waals surface area contributed by atoms with E-state index in [0.717, 1.165) is 17.7 Å². The molecule has 0 spiro atoms. The molecule has 1 atom stereocenters. The highest BCUT2D eigenvalue weighted by molar-refractivity contribution is 14.0. The van der Waals surface area contributed by atoms with Crippen molar-refractivity contribution in [2.75, 3.05) is 34.4 Å². The van der Waals surface area contributed by atoms with E-state index < -0.39 is 0 Å². The summed E-state index contributed by atoms with van der Waals surface area (Å²) in [4.78, 5) is 15.5. The second kappa shape index (κ2) is 12.2. The largest absolute Gasteiger partial charge is 0.497 e. The van der Waals surface area contributed by atoms with Crippen molar-refractivity contribution in [2.45, 2.75) is 13.3 Å². The van der Waals surface area contributed by atoms with Crippen LogP contribution in [0.3, 0.4) is 0 Å². The van der Waals surface area contributed by atoms with Crippen LogP contribution in [0.15, 0.2) is 23.2 Å². The number of nitrogens with one attached hydrogen (secondary N) is 2. The first-order valence-corrected chi connectivity index (χ1v) is 7.74. The van der Waals surface area contributed by atoms with Crippen LogP contribution in [0.2, 0.25) is 5.02 Å². The third-order valence-corrected chi connectivity index (χ3v) is 3.70. The molecule has 1 aromatic carbocycles. The minimum absolute atomic E-state index is 0. The Morgan fingerprint density at radius 1 is 1.33 bits per heavy atom. The van der Waals surface area contributed by atoms with Crippen molar-refractivity contribution >= 4 is 47.5 Å². The fourth-order valence-corrected chi connectivity index (χ4v) is 2.19. The van der Waals surface area contributed by atoms with Crippen LogP contribution < -0.4 is 15.4 Å². The molecule has 1 aromatic rings. The van der Waals surface area contributed by atoms with E-state index in [9.17, 15) is 4.79 Å². The van der Waals surface area contributed by atoms with Crippen LogP contribution in [0.1, 0.15) is 12.5 Å². The van der Waals surface area contributed by atoms with E-state index >= 15 is 0 Å². The topological polar surface area (TPSA) is 72.0 Å². The number of carbonyl (C=O) groups excluding carboxylic acids is 1. The van der Waals surface area contributed by atoms with Crippen molar-refractivity contribution in [3.63, 3.8) is 0 Å². The molecule has 6 nitrogen and oxygen atoms in total. The maximum atomic E-state index is 11.4. The van der Waals surface area contributed by atoms with Crippen LogP contribution in [-0.4, -0.2) is 46.3 Å². The van der Waals surface area contributed by atoms with Crippen molar-refractivity contribution in [1.29, 1.82) is 0 Å². The molecule has 24 heavy (non-hydrogen) atoms. The van der Waals surface area contributed by atoms with E-state index in [0.29, 0.717) is 24.1 Å². The third kappa shape index (κ3) is 7.57. The van der Waals surface area contributed by atoms with Crippen molar-refractivity contribution in [1.82, 2.24) is 10.6 Å². The van der Waals surface area contributed by atoms with Crippen LogP contribution in [0.4, 0.5) is 0 Å². The molecule has 0 aliphatic rings. The van der Waals surface area contributed by atoms with Gasteiger partial charge in [-0.15, -0.1) is 24.0 Å². The minimum Gasteiger partial charge on any atom is -0.497 e. The molecule has 1 rings (SSSR count). The zero-order valence-electron chi connectivity index (χ0n) is 14.4. The molecule has 0 heterocycles. The smallest absolute Gasteiger partial charge is 0.310 e. The summed E-state index contributed by atoms with van der Waals surface area (Å²) in [6, 6.07) is 5.62. The Labute approximate surface area is 165 Å². The SMILES string of the molecule is CN=C(NCCc1ccc(OC)cc1Cl)NCC(C)C(=O)OC.I. The van der Waals surface area contributed by atoms with Gasteiger partial charge in [-0.05, 0) is 24.1 Å². The Bertz CT molecular complexity index is 555. The van der Waals surface area contributed by atoms with Crippen LogP contribution in [0.25, 0.3) is 0 Å². The van der Waals surface area contributed by atoms with Gasteiger partial charge in [-0.25, -0.2) is 0 Å². The van der Waals surface area contributed by atoms with Gasteiger partial charge in [0.1, 0.15) is 5.75 Å². The molecule has 8 heteroatoms. The molecular formula is C16H25ClIN3O3. The zero-order valence-corrected chi connectivity index (χ0v) is 17.5. The quantitative estimate of drug-likeness (QED) is 0.278. The average Bonchev–Trinajstić information content (AvgIpc) is 2.57. The number of guanidine groups is 1. The van der Waals surface area contributed by atoms with Crippen LogP contribution in [0, 0.1) is 5.92 Å². The van der Waals surface area contributed by atoms with Gasteiger partial charge in [-0.2, -0.15) is 0 Å². The molecule has 0 aliphatic carbocycles. The molecule has 2 N–H and O–H groups in total. The van der Waals surface area contributed by atoms with Gasteiger partial charge >= 0.3 is 5.97 Å². The number of nitrogens with zero attached hydrogens (tertiary/aromatic N) is 1. The van der Waals surface area contributed by atoms with E-state index in [2.05, 4.69) is 20.4 Å². The standard InChI is InChI=1S/C16H24ClN3O3.HI/c1-11(15(21)23-4)10-20-16(18-2)19-8-7-12-5-6-13(22-3)9-14(12)17;/h5-6,9,11H,7-8,10H2,1-4H3,(H2,18,19,20);1H. The molecule has 0 saturated carbocycles. The lowest BCUT2D eigenvalue weighted by Crippen LogP contribution is -2.41. The lowest BCUT2D eigenvalue weighted by atomic mass is 10.1. The molecule has 0 radical (unpaired) electrons. The Morgan fingerprint density at radius 3 is 2.58 bits per heavy atom. The molecule has 0 amide bonds. The second-order valence-corrected chi connectivity index (χ2v) is 5.42. The summed E-state index contributed by atoms with van der Waals surface area (Å²) in [6.07, 6.45) is 0.746. The molecule has 0 aromatic heterocycles. The highest BCUT2D eigenvalue weighted by Crippen LogP contribution is 2.22. The fraction of sp³-hybridized carbons (Fsp3) is 0.500. The summed E-state index contributed by atoms with van der Waals surface area (Å²) >= 11 is 6.21. The van der Waals surface area contributed by atoms with Crippen LogP contribution in [0.5, 0.6) is 5.75 Å². The second-order valence-electron chi connectivity index (χ2n) is 5.01. The summed E-state index contributed by atoms with van der Waals surface area (Å²) in [7, 11) is 4.67. The number of benzene rings is 1. The number of methoxy groups -OCH3 is 2. The number of carbonyl (C=O) groups is 1. The highest BCUT2D eigenvalue weighted by Gasteiger charge is 2.13. The number of ether oxygens (including phenoxy) is 2. The van der Waals surface area contributed by atoms with Crippen LogP contribution in [-0.2, 0) is 16.0 Å². The molecular weight excluding hydrogens is 445 g/mol. The Morgan fingerprint density at radius 2 is 2.04 bits per heavy atom. The van der Waals surface area contributed by atoms with E-state index in [1.165, 1.54) is 7.11 Å². The normalized spacial score (nSPS) is 12.0. The van der Waals surface area contributed by atoms with Crippen molar-refractivity contribution in [3.8, 4) is 5.75 Å². The summed E-state index contributed by atoms with van der Waals surface area (Å²) in [5.41, 5.74) is 1.03. The first-order chi connectivity index (χ1) is 11.0. The molecule has 1 unspecified atom stereocenters. The van der Waals surface area contributed by atoms with Crippen molar-refractivity contribution < 1.29 is 14.3 Å². The van der Waals surface area contributed by atoms with Gasteiger partial charge in [0.15, 0.2) is 5.96 Å². The molecule has 0 bridgehead atoms. The minimum atomic E-state index is -0.252. The van der Waals surface area contributed by atoms with Crippen LogP contribution >= 0.6 is 35.6 Å². The predicted octanol–water partition coefficient (Wildman–Crippen LogP) is 2.48. The molecule has 0 fully saturated rings. The lowest BCUT2D eigenvalue weighted by molar-refractivity contribution is -0.144. The Kier molecular flexibility index (Phi) is 11.6. The average molecular weight is 470 g/mol. The Balaban J connectivity index is 0.00000529. The third-order valence-electron chi connectivity index (χ3n) is 3.35.